The maximum absolute atomic E-state index is 14.5. The monoisotopic (exact) mass is 1150 g/mol. The highest BCUT2D eigenvalue weighted by Crippen LogP contribution is 2.44. The number of hydrogen-bond donors (Lipinski definition) is 7. The Hall–Kier alpha value is -8.75. The summed E-state index contributed by atoms with van der Waals surface area (Å²) in [6, 6.07) is 7.60. The van der Waals surface area contributed by atoms with Crippen LogP contribution in [0.5, 0.6) is 11.5 Å². The summed E-state index contributed by atoms with van der Waals surface area (Å²) in [5.41, 5.74) is 1.72. The van der Waals surface area contributed by atoms with Gasteiger partial charge in [0.2, 0.25) is 36.0 Å². The molecule has 26 heteroatoms. The summed E-state index contributed by atoms with van der Waals surface area (Å²) in [5.74, 6) is -5.16. The predicted octanol–water partition coefficient (Wildman–Crippen LogP) is 1.80. The third-order valence-electron chi connectivity index (χ3n) is 15.1. The number of rotatable bonds is 24. The Morgan fingerprint density at radius 2 is 1.55 bits per heavy atom. The molecule has 2 aromatic heterocycles. The van der Waals surface area contributed by atoms with E-state index < -0.39 is 89.2 Å². The van der Waals surface area contributed by atoms with Crippen molar-refractivity contribution >= 4 is 70.1 Å². The highest BCUT2D eigenvalue weighted by molar-refractivity contribution is 6.13. The molecular weight excluding hydrogens is 1080 g/mol. The van der Waals surface area contributed by atoms with Crippen molar-refractivity contribution in [3.8, 4) is 22.9 Å². The van der Waals surface area contributed by atoms with Gasteiger partial charge in [-0.3, -0.25) is 48.2 Å². The molecular formula is C57H66N10O16. The number of ether oxygens (including phenoxy) is 5. The summed E-state index contributed by atoms with van der Waals surface area (Å²) in [6.07, 6.45) is -0.117. The molecule has 7 N–H and O–H groups in total. The number of esters is 1. The molecule has 1 fully saturated rings. The van der Waals surface area contributed by atoms with E-state index in [9.17, 15) is 53.1 Å². The van der Waals surface area contributed by atoms with Gasteiger partial charge in [-0.2, -0.15) is 0 Å². The quantitative estimate of drug-likeness (QED) is 0.0263. The van der Waals surface area contributed by atoms with Gasteiger partial charge in [-0.1, -0.05) is 32.9 Å². The first-order valence-electron chi connectivity index (χ1n) is 27.6. The summed E-state index contributed by atoms with van der Waals surface area (Å²) in [6.45, 7) is 11.7. The number of amides is 6. The van der Waals surface area contributed by atoms with Crippen molar-refractivity contribution in [3.05, 3.63) is 92.8 Å². The first-order valence-corrected chi connectivity index (χ1v) is 27.6. The van der Waals surface area contributed by atoms with Gasteiger partial charge in [0.25, 0.3) is 17.4 Å². The minimum atomic E-state index is -2.07. The Bertz CT molecular complexity index is 3320. The van der Waals surface area contributed by atoms with Crippen molar-refractivity contribution in [1.82, 2.24) is 45.9 Å². The number of carbonyl (C=O) groups is 9. The van der Waals surface area contributed by atoms with Crippen molar-refractivity contribution in [2.24, 2.45) is 5.92 Å². The van der Waals surface area contributed by atoms with E-state index in [4.69, 9.17) is 28.7 Å². The van der Waals surface area contributed by atoms with Gasteiger partial charge >= 0.3 is 18.1 Å². The Morgan fingerprint density at radius 1 is 0.831 bits per heavy atom. The third kappa shape index (κ3) is 13.3. The average Bonchev–Trinajstić information content (AvgIpc) is 3.12. The minimum absolute atomic E-state index is 0.0694. The number of cyclic esters (lactones) is 1. The second-order valence-corrected chi connectivity index (χ2v) is 21.2. The summed E-state index contributed by atoms with van der Waals surface area (Å²) in [5, 5.41) is 27.5. The molecule has 0 unspecified atom stereocenters. The molecule has 4 aromatic rings. The third-order valence-corrected chi connectivity index (χ3v) is 15.1. The van der Waals surface area contributed by atoms with Gasteiger partial charge in [0.05, 0.1) is 29.0 Å². The van der Waals surface area contributed by atoms with Crippen molar-refractivity contribution in [2.45, 2.75) is 110 Å². The summed E-state index contributed by atoms with van der Waals surface area (Å²) >= 11 is 0. The number of fused-ring (bicyclic) bond motifs is 6. The number of nitrogens with one attached hydrogen (secondary N) is 6. The fourth-order valence-corrected chi connectivity index (χ4v) is 10.6. The van der Waals surface area contributed by atoms with Crippen LogP contribution in [-0.2, 0) is 84.5 Å². The lowest BCUT2D eigenvalue weighted by molar-refractivity contribution is -0.175. The van der Waals surface area contributed by atoms with Gasteiger partial charge in [0, 0.05) is 106 Å². The number of carbonyl (C=O) groups excluding carboxylic acids is 8. The van der Waals surface area contributed by atoms with Gasteiger partial charge in [-0.15, -0.1) is 0 Å². The van der Waals surface area contributed by atoms with Crippen LogP contribution >= 0.6 is 0 Å². The van der Waals surface area contributed by atoms with E-state index in [1.54, 1.807) is 17.6 Å². The van der Waals surface area contributed by atoms with Gasteiger partial charge in [-0.25, -0.2) is 14.6 Å². The lowest BCUT2D eigenvalue weighted by atomic mass is 9.85. The van der Waals surface area contributed by atoms with E-state index in [0.29, 0.717) is 40.5 Å². The van der Waals surface area contributed by atoms with Crippen molar-refractivity contribution < 1.29 is 71.9 Å². The minimum Gasteiger partial charge on any atom is -0.481 e. The molecule has 440 valence electrons. The van der Waals surface area contributed by atoms with E-state index in [1.165, 1.54) is 31.2 Å². The Morgan fingerprint density at radius 3 is 2.25 bits per heavy atom. The van der Waals surface area contributed by atoms with Crippen LogP contribution in [0.2, 0.25) is 0 Å². The van der Waals surface area contributed by atoms with Gasteiger partial charge in [0.1, 0.15) is 31.3 Å². The smallest absolute Gasteiger partial charge is 0.481 e. The van der Waals surface area contributed by atoms with Crippen molar-refractivity contribution in [1.29, 1.82) is 0 Å². The maximum Gasteiger partial charge on any atom is 0.510 e. The molecule has 2 aromatic carbocycles. The molecule has 6 amide bonds. The first-order chi connectivity index (χ1) is 39.8. The van der Waals surface area contributed by atoms with Crippen LogP contribution < -0.4 is 46.9 Å². The van der Waals surface area contributed by atoms with Crippen molar-refractivity contribution in [3.63, 3.8) is 0 Å². The van der Waals surface area contributed by atoms with Crippen LogP contribution in [0.25, 0.3) is 22.3 Å². The predicted molar refractivity (Wildman–Crippen MR) is 294 cm³/mol. The lowest BCUT2D eigenvalue weighted by Gasteiger charge is -2.35. The number of aliphatic carboxylic acids is 1. The highest BCUT2D eigenvalue weighted by Gasteiger charge is 2.51. The Balaban J connectivity index is 0.833. The van der Waals surface area contributed by atoms with Crippen LogP contribution in [0.1, 0.15) is 87.6 Å². The zero-order valence-corrected chi connectivity index (χ0v) is 46.4. The molecule has 26 nitrogen and oxygen atoms in total. The molecule has 9 rings (SSSR count). The molecule has 5 aliphatic heterocycles. The number of carboxylic acids is 1. The van der Waals surface area contributed by atoms with E-state index >= 15 is 0 Å². The van der Waals surface area contributed by atoms with Crippen molar-refractivity contribution in [2.75, 3.05) is 57.9 Å². The first kappa shape index (κ1) is 58.9. The topological polar surface area (TPSA) is 334 Å². The van der Waals surface area contributed by atoms with Crippen LogP contribution in [0.15, 0.2) is 59.4 Å². The van der Waals surface area contributed by atoms with Crippen LogP contribution in [0.4, 0.5) is 10.5 Å². The molecule has 0 aliphatic carbocycles. The van der Waals surface area contributed by atoms with Crippen LogP contribution in [0, 0.1) is 5.92 Å². The SMILES string of the molecule is CC[C@@]1(OC(=O)OCc2ccc(NC(=O)[C@H](CCC(=O)O)NC(=O)[C@H](C)NC(=O)[C@@H](CC(C)C)NC(=O)CCN3C(=O)C=CC3=O)cc2)C(=O)OCc2c1cc1n(c2=O)Cc2c-1nc1cc3c(cc1c2CNCCN1CCNCC1)OCO3. The molecule has 0 spiro atoms. The standard InChI is InChI=1S/C57H66N10O16/c1-5-57(39-24-43-50-37(27-67(43)54(76)38(39)29-79-55(57)77)36(26-59-17-21-65-19-15-58-16-20-65)35-23-44-45(82-30-81-44)25-41(35)63-50)83-56(78)80-28-33-6-8-34(9-7-33)61-52(74)40(10-13-49(71)72)64-51(73)32(4)60-53(75)42(22-31(2)3)62-46(68)14-18-66-47(69)11-12-48(66)70/h6-9,11-12,23-25,31-32,40,42,58-59H,5,10,13-22,26-30H2,1-4H3,(H,60,75)(H,61,74)(H,62,68)(H,64,73)(H,71,72)/t32-,40-,42+,57-/m0/s1. The zero-order valence-electron chi connectivity index (χ0n) is 46.4. The number of piperazine rings is 1. The fourth-order valence-electron chi connectivity index (χ4n) is 10.6. The molecule has 0 bridgehead atoms. The summed E-state index contributed by atoms with van der Waals surface area (Å²) < 4.78 is 30.0. The number of imide groups is 1. The largest absolute Gasteiger partial charge is 0.510 e. The molecule has 83 heavy (non-hydrogen) atoms. The van der Waals surface area contributed by atoms with E-state index in [2.05, 4.69) is 36.8 Å². The zero-order chi connectivity index (χ0) is 59.1. The fraction of sp³-hybridized carbons (Fsp3) is 0.456. The number of benzene rings is 2. The van der Waals surface area contributed by atoms with Crippen LogP contribution in [-0.4, -0.2) is 149 Å². The van der Waals surface area contributed by atoms with Crippen LogP contribution in [0.3, 0.4) is 0 Å². The summed E-state index contributed by atoms with van der Waals surface area (Å²) in [4.78, 5) is 139. The molecule has 5 aliphatic rings. The number of hydrogen-bond acceptors (Lipinski definition) is 19. The second kappa shape index (κ2) is 25.6. The normalized spacial score (nSPS) is 17.9. The second-order valence-electron chi connectivity index (χ2n) is 21.2. The average molecular weight is 1150 g/mol. The van der Waals surface area contributed by atoms with Gasteiger partial charge in [-0.05, 0) is 67.5 Å². The molecule has 1 saturated heterocycles. The highest BCUT2D eigenvalue weighted by atomic mass is 16.7. The Labute approximate surface area is 475 Å². The number of anilines is 1. The van der Waals surface area contributed by atoms with E-state index in [1.807, 2.05) is 26.0 Å². The summed E-state index contributed by atoms with van der Waals surface area (Å²) in [7, 11) is 0. The molecule has 0 radical (unpaired) electrons. The molecule has 4 atom stereocenters. The van der Waals surface area contributed by atoms with Gasteiger partial charge in [0.15, 0.2) is 11.5 Å². The molecule has 0 saturated carbocycles. The maximum atomic E-state index is 14.5. The lowest BCUT2D eigenvalue weighted by Crippen LogP contribution is -2.55. The number of aromatic nitrogens is 2. The number of carboxylic acid groups (broad SMARTS) is 1. The number of pyridine rings is 2. The molecule has 7 heterocycles. The van der Waals surface area contributed by atoms with E-state index in [-0.39, 0.29) is 81.5 Å². The Kier molecular flexibility index (Phi) is 18.2. The van der Waals surface area contributed by atoms with E-state index in [0.717, 1.165) is 72.8 Å². The number of nitrogens with zero attached hydrogens (tertiary/aromatic N) is 4. The van der Waals surface area contributed by atoms with Gasteiger partial charge < -0.3 is 65.3 Å².